The summed E-state index contributed by atoms with van der Waals surface area (Å²) >= 11 is 6.21. The normalized spacial score (nSPS) is 12.1. The molecular weight excluding hydrogens is 356 g/mol. The van der Waals surface area contributed by atoms with E-state index in [4.69, 9.17) is 11.6 Å². The molecule has 0 spiro atoms. The molecule has 0 saturated carbocycles. The molecule has 1 N–H and O–H groups in total. The first-order valence-electron chi connectivity index (χ1n) is 8.52. The van der Waals surface area contributed by atoms with Gasteiger partial charge in [0.1, 0.15) is 11.7 Å². The summed E-state index contributed by atoms with van der Waals surface area (Å²) in [6, 6.07) is -0.534. The summed E-state index contributed by atoms with van der Waals surface area (Å²) in [5, 5.41) is 12.0. The number of halogens is 1. The maximum Gasteiger partial charge on any atom is 0.273 e. The lowest BCUT2D eigenvalue weighted by Gasteiger charge is -2.18. The number of rotatable bonds is 6. The van der Waals surface area contributed by atoms with Crippen LogP contribution in [0.2, 0.25) is 5.02 Å². The molecule has 0 aliphatic rings. The van der Waals surface area contributed by atoms with Crippen LogP contribution in [0.25, 0.3) is 0 Å². The summed E-state index contributed by atoms with van der Waals surface area (Å²) in [6.45, 7) is 7.94. The largest absolute Gasteiger partial charge is 0.343 e. The Morgan fingerprint density at radius 3 is 2.42 bits per heavy atom. The van der Waals surface area contributed by atoms with E-state index in [9.17, 15) is 9.59 Å². The highest BCUT2D eigenvalue weighted by Crippen LogP contribution is 2.25. The molecule has 2 heterocycles. The summed E-state index contributed by atoms with van der Waals surface area (Å²) in [5.74, 6) is -0.486. The summed E-state index contributed by atoms with van der Waals surface area (Å²) in [4.78, 5) is 26.8. The Hall–Kier alpha value is -2.35. The highest BCUT2D eigenvalue weighted by atomic mass is 35.5. The number of aromatic nitrogens is 4. The van der Waals surface area contributed by atoms with E-state index < -0.39 is 6.04 Å². The molecule has 8 nitrogen and oxygen atoms in total. The van der Waals surface area contributed by atoms with Crippen molar-refractivity contribution in [1.29, 1.82) is 0 Å². The fourth-order valence-corrected chi connectivity index (χ4v) is 2.91. The summed E-state index contributed by atoms with van der Waals surface area (Å²) in [7, 11) is 3.32. The number of carbonyl (C=O) groups is 2. The van der Waals surface area contributed by atoms with E-state index in [-0.39, 0.29) is 11.8 Å². The van der Waals surface area contributed by atoms with Crippen LogP contribution in [-0.2, 0) is 11.3 Å². The number of aryl methyl sites for hydroxylation is 2. The fraction of sp³-hybridized carbons (Fsp3) is 0.529. The predicted molar refractivity (Wildman–Crippen MR) is 101 cm³/mol. The van der Waals surface area contributed by atoms with Crippen molar-refractivity contribution in [2.24, 2.45) is 0 Å². The van der Waals surface area contributed by atoms with Crippen LogP contribution in [-0.4, -0.2) is 50.4 Å². The van der Waals surface area contributed by atoms with Gasteiger partial charge in [-0.05, 0) is 27.2 Å². The van der Waals surface area contributed by atoms with Gasteiger partial charge < -0.3 is 10.2 Å². The van der Waals surface area contributed by atoms with Gasteiger partial charge in [-0.1, -0.05) is 18.5 Å². The van der Waals surface area contributed by atoms with Gasteiger partial charge >= 0.3 is 0 Å². The van der Waals surface area contributed by atoms with Crippen LogP contribution < -0.4 is 5.32 Å². The lowest BCUT2D eigenvalue weighted by Crippen LogP contribution is -2.30. The molecule has 1 unspecified atom stereocenters. The third-order valence-corrected chi connectivity index (χ3v) is 4.77. The number of nitrogens with zero attached hydrogens (tertiary/aromatic N) is 5. The zero-order chi connectivity index (χ0) is 19.6. The SMILES string of the molecule is CCC(C(=O)Nc1cnn(CC)c1C(=O)N(C)C)n1nc(C)c(Cl)c1C. The van der Waals surface area contributed by atoms with Gasteiger partial charge in [0.25, 0.3) is 5.91 Å². The number of hydrogen-bond acceptors (Lipinski definition) is 4. The van der Waals surface area contributed by atoms with Gasteiger partial charge in [-0.2, -0.15) is 10.2 Å². The smallest absolute Gasteiger partial charge is 0.273 e. The van der Waals surface area contributed by atoms with Gasteiger partial charge in [0, 0.05) is 20.6 Å². The molecule has 0 aliphatic carbocycles. The summed E-state index contributed by atoms with van der Waals surface area (Å²) in [5.41, 5.74) is 2.16. The van der Waals surface area contributed by atoms with Crippen LogP contribution in [0, 0.1) is 13.8 Å². The van der Waals surface area contributed by atoms with Gasteiger partial charge in [0.2, 0.25) is 5.91 Å². The first-order chi connectivity index (χ1) is 12.2. The molecule has 2 amide bonds. The number of nitrogens with one attached hydrogen (secondary N) is 1. The second-order valence-corrected chi connectivity index (χ2v) is 6.64. The second-order valence-electron chi connectivity index (χ2n) is 6.26. The van der Waals surface area contributed by atoms with Crippen molar-refractivity contribution in [2.75, 3.05) is 19.4 Å². The number of hydrogen-bond donors (Lipinski definition) is 1. The zero-order valence-corrected chi connectivity index (χ0v) is 16.8. The predicted octanol–water partition coefficient (Wildman–Crippen LogP) is 2.66. The second kappa shape index (κ2) is 7.90. The van der Waals surface area contributed by atoms with Crippen LogP contribution in [0.15, 0.2) is 6.20 Å². The molecule has 2 aromatic heterocycles. The molecule has 0 bridgehead atoms. The van der Waals surface area contributed by atoms with E-state index in [0.717, 1.165) is 5.69 Å². The van der Waals surface area contributed by atoms with E-state index in [2.05, 4.69) is 15.5 Å². The van der Waals surface area contributed by atoms with Gasteiger partial charge in [-0.3, -0.25) is 19.0 Å². The molecule has 1 atom stereocenters. The minimum atomic E-state index is -0.534. The molecule has 2 aromatic rings. The van der Waals surface area contributed by atoms with Gasteiger partial charge in [-0.25, -0.2) is 0 Å². The summed E-state index contributed by atoms with van der Waals surface area (Å²) < 4.78 is 3.20. The van der Waals surface area contributed by atoms with Gasteiger partial charge in [-0.15, -0.1) is 0 Å². The van der Waals surface area contributed by atoms with Crippen molar-refractivity contribution >= 4 is 29.1 Å². The van der Waals surface area contributed by atoms with E-state index in [1.54, 1.807) is 30.4 Å². The van der Waals surface area contributed by atoms with Crippen LogP contribution in [0.4, 0.5) is 5.69 Å². The van der Waals surface area contributed by atoms with Crippen LogP contribution in [0.5, 0.6) is 0 Å². The molecule has 142 valence electrons. The maximum atomic E-state index is 12.9. The van der Waals surface area contributed by atoms with Crippen molar-refractivity contribution in [3.05, 3.63) is 28.3 Å². The molecule has 9 heteroatoms. The van der Waals surface area contributed by atoms with Crippen molar-refractivity contribution < 1.29 is 9.59 Å². The molecule has 0 aliphatic heterocycles. The van der Waals surface area contributed by atoms with Gasteiger partial charge in [0.05, 0.1) is 28.3 Å². The molecular formula is C17H25ClN6O2. The number of carbonyl (C=O) groups excluding carboxylic acids is 2. The van der Waals surface area contributed by atoms with Crippen molar-refractivity contribution in [3.8, 4) is 0 Å². The Balaban J connectivity index is 2.35. The first-order valence-corrected chi connectivity index (χ1v) is 8.90. The Morgan fingerprint density at radius 1 is 1.31 bits per heavy atom. The average molecular weight is 381 g/mol. The third kappa shape index (κ3) is 3.60. The minimum Gasteiger partial charge on any atom is -0.343 e. The van der Waals surface area contributed by atoms with Crippen LogP contribution >= 0.6 is 11.6 Å². The molecule has 0 aromatic carbocycles. The molecule has 26 heavy (non-hydrogen) atoms. The lowest BCUT2D eigenvalue weighted by molar-refractivity contribution is -0.119. The highest BCUT2D eigenvalue weighted by molar-refractivity contribution is 6.31. The average Bonchev–Trinajstić information content (AvgIpc) is 3.11. The monoisotopic (exact) mass is 380 g/mol. The lowest BCUT2D eigenvalue weighted by atomic mass is 10.2. The maximum absolute atomic E-state index is 12.9. The van der Waals surface area contributed by atoms with Crippen LogP contribution in [0.1, 0.15) is 48.2 Å². The first kappa shape index (κ1) is 20.0. The highest BCUT2D eigenvalue weighted by Gasteiger charge is 2.27. The van der Waals surface area contributed by atoms with E-state index in [1.807, 2.05) is 20.8 Å². The quantitative estimate of drug-likeness (QED) is 0.834. The van der Waals surface area contributed by atoms with Crippen molar-refractivity contribution in [2.45, 2.75) is 46.7 Å². The standard InChI is InChI=1S/C17H25ClN6O2/c1-7-13(24-11(4)14(18)10(3)21-24)16(25)20-12-9-19-23(8-2)15(12)17(26)22(5)6/h9,13H,7-8H2,1-6H3,(H,20,25). The number of amides is 2. The third-order valence-electron chi connectivity index (χ3n) is 4.23. The Bertz CT molecular complexity index is 824. The van der Waals surface area contributed by atoms with Crippen molar-refractivity contribution in [1.82, 2.24) is 24.5 Å². The molecule has 0 fully saturated rings. The minimum absolute atomic E-state index is 0.221. The molecule has 2 rings (SSSR count). The zero-order valence-electron chi connectivity index (χ0n) is 16.0. The summed E-state index contributed by atoms with van der Waals surface area (Å²) in [6.07, 6.45) is 2.03. The van der Waals surface area contributed by atoms with E-state index >= 15 is 0 Å². The molecule has 0 saturated heterocycles. The number of anilines is 1. The fourth-order valence-electron chi connectivity index (χ4n) is 2.79. The van der Waals surface area contributed by atoms with Crippen LogP contribution in [0.3, 0.4) is 0 Å². The Morgan fingerprint density at radius 2 is 1.96 bits per heavy atom. The topological polar surface area (TPSA) is 85.0 Å². The van der Waals surface area contributed by atoms with E-state index in [0.29, 0.717) is 35.1 Å². The van der Waals surface area contributed by atoms with Crippen molar-refractivity contribution in [3.63, 3.8) is 0 Å². The molecule has 0 radical (unpaired) electrons. The Labute approximate surface area is 158 Å². The van der Waals surface area contributed by atoms with E-state index in [1.165, 1.54) is 11.1 Å². The Kier molecular flexibility index (Phi) is 6.07. The van der Waals surface area contributed by atoms with Gasteiger partial charge in [0.15, 0.2) is 0 Å².